The molecular formula is C9H15N3O2. The molecule has 3 N–H and O–H groups in total. The predicted molar refractivity (Wildman–Crippen MR) is 49.5 cm³/mol. The maximum Gasteiger partial charge on any atom is 0.255 e. The number of aliphatic hydroxyl groups excluding tert-OH is 1. The summed E-state index contributed by atoms with van der Waals surface area (Å²) in [6.07, 6.45) is 1.93. The van der Waals surface area contributed by atoms with E-state index in [0.29, 0.717) is 24.7 Å². The first kappa shape index (κ1) is 9.61. The molecule has 1 aliphatic rings. The Morgan fingerprint density at radius 2 is 2.36 bits per heavy atom. The molecule has 78 valence electrons. The van der Waals surface area contributed by atoms with Gasteiger partial charge in [0.05, 0.1) is 0 Å². The molecule has 0 spiro atoms. The van der Waals surface area contributed by atoms with E-state index >= 15 is 0 Å². The molecule has 0 aromatic carbocycles. The van der Waals surface area contributed by atoms with Crippen LogP contribution in [0.25, 0.3) is 0 Å². The summed E-state index contributed by atoms with van der Waals surface area (Å²) in [5.74, 6) is 1.00. The van der Waals surface area contributed by atoms with E-state index in [0.717, 1.165) is 12.8 Å². The fourth-order valence-corrected chi connectivity index (χ4v) is 1.31. The van der Waals surface area contributed by atoms with Crippen LogP contribution in [0.2, 0.25) is 0 Å². The molecule has 1 heterocycles. The lowest BCUT2D eigenvalue weighted by molar-refractivity contribution is 0.127. The second-order valence-electron chi connectivity index (χ2n) is 4.11. The van der Waals surface area contributed by atoms with E-state index in [1.807, 2.05) is 0 Å². The molecule has 14 heavy (non-hydrogen) atoms. The van der Waals surface area contributed by atoms with Crippen molar-refractivity contribution >= 4 is 0 Å². The van der Waals surface area contributed by atoms with E-state index in [4.69, 9.17) is 10.3 Å². The number of hydrogen-bond acceptors (Lipinski definition) is 5. The van der Waals surface area contributed by atoms with E-state index in [-0.39, 0.29) is 5.41 Å². The minimum absolute atomic E-state index is 0.0875. The largest absolute Gasteiger partial charge is 0.383 e. The monoisotopic (exact) mass is 197 g/mol. The molecule has 5 heteroatoms. The second-order valence-corrected chi connectivity index (χ2v) is 4.11. The van der Waals surface area contributed by atoms with Gasteiger partial charge in [0.2, 0.25) is 0 Å². The lowest BCUT2D eigenvalue weighted by Crippen LogP contribution is -2.08. The highest BCUT2D eigenvalue weighted by molar-refractivity contribution is 5.14. The topological polar surface area (TPSA) is 85.2 Å². The third kappa shape index (κ3) is 1.65. The second kappa shape index (κ2) is 3.33. The standard InChI is InChI=1S/C9H15N3O2/c1-9(3-4-9)8-11-7(14-12-8)6(13)2-5-10/h6,13H,2-5,10H2,1H3/t6-/m0/s1. The zero-order valence-corrected chi connectivity index (χ0v) is 8.23. The number of aliphatic hydroxyl groups is 1. The van der Waals surface area contributed by atoms with Gasteiger partial charge in [-0.25, -0.2) is 0 Å². The van der Waals surface area contributed by atoms with Gasteiger partial charge in [-0.15, -0.1) is 0 Å². The molecule has 5 nitrogen and oxygen atoms in total. The number of nitrogens with two attached hydrogens (primary N) is 1. The minimum Gasteiger partial charge on any atom is -0.383 e. The van der Waals surface area contributed by atoms with Crippen molar-refractivity contribution in [2.45, 2.75) is 37.7 Å². The molecule has 0 amide bonds. The van der Waals surface area contributed by atoms with Crippen LogP contribution in [0.1, 0.15) is 44.0 Å². The van der Waals surface area contributed by atoms with E-state index in [2.05, 4.69) is 17.1 Å². The van der Waals surface area contributed by atoms with Gasteiger partial charge in [-0.05, 0) is 25.8 Å². The maximum absolute atomic E-state index is 9.54. The Bertz CT molecular complexity index is 320. The Morgan fingerprint density at radius 1 is 1.64 bits per heavy atom. The highest BCUT2D eigenvalue weighted by atomic mass is 16.5. The van der Waals surface area contributed by atoms with Crippen LogP contribution in [-0.4, -0.2) is 21.8 Å². The SMILES string of the molecule is CC1(c2noc([C@@H](O)CCN)n2)CC1. The molecular weight excluding hydrogens is 182 g/mol. The molecule has 1 aromatic heterocycles. The Balaban J connectivity index is 2.09. The zero-order valence-electron chi connectivity index (χ0n) is 8.23. The van der Waals surface area contributed by atoms with Crippen LogP contribution < -0.4 is 5.73 Å². The number of hydrogen-bond donors (Lipinski definition) is 2. The summed E-state index contributed by atoms with van der Waals surface area (Å²) in [4.78, 5) is 4.18. The van der Waals surface area contributed by atoms with Crippen LogP contribution in [0, 0.1) is 0 Å². The van der Waals surface area contributed by atoms with Crippen LogP contribution in [0.4, 0.5) is 0 Å². The first-order valence-electron chi connectivity index (χ1n) is 4.88. The van der Waals surface area contributed by atoms with Gasteiger partial charge in [0.1, 0.15) is 6.10 Å². The van der Waals surface area contributed by atoms with Gasteiger partial charge in [-0.1, -0.05) is 12.1 Å². The lowest BCUT2D eigenvalue weighted by Gasteiger charge is -2.01. The number of rotatable bonds is 4. The third-order valence-corrected chi connectivity index (χ3v) is 2.71. The lowest BCUT2D eigenvalue weighted by atomic mass is 10.1. The summed E-state index contributed by atoms with van der Waals surface area (Å²) >= 11 is 0. The normalized spacial score (nSPS) is 20.8. The fraction of sp³-hybridized carbons (Fsp3) is 0.778. The van der Waals surface area contributed by atoms with E-state index in [1.54, 1.807) is 0 Å². The summed E-state index contributed by atoms with van der Waals surface area (Å²) in [5.41, 5.74) is 5.41. The van der Waals surface area contributed by atoms with Crippen molar-refractivity contribution in [3.63, 3.8) is 0 Å². The number of aromatic nitrogens is 2. The molecule has 1 aromatic rings. The first-order valence-corrected chi connectivity index (χ1v) is 4.88. The first-order chi connectivity index (χ1) is 6.65. The van der Waals surface area contributed by atoms with Crippen LogP contribution in [0.5, 0.6) is 0 Å². The van der Waals surface area contributed by atoms with Crippen molar-refractivity contribution in [2.24, 2.45) is 5.73 Å². The average Bonchev–Trinajstić information content (AvgIpc) is 2.72. The highest BCUT2D eigenvalue weighted by Crippen LogP contribution is 2.46. The van der Waals surface area contributed by atoms with Gasteiger partial charge < -0.3 is 15.4 Å². The highest BCUT2D eigenvalue weighted by Gasteiger charge is 2.43. The van der Waals surface area contributed by atoms with Gasteiger partial charge in [0.25, 0.3) is 5.89 Å². The van der Waals surface area contributed by atoms with Gasteiger partial charge in [-0.3, -0.25) is 0 Å². The Hall–Kier alpha value is -0.940. The van der Waals surface area contributed by atoms with Gasteiger partial charge in [0.15, 0.2) is 5.82 Å². The van der Waals surface area contributed by atoms with E-state index < -0.39 is 6.10 Å². The Morgan fingerprint density at radius 3 is 2.93 bits per heavy atom. The minimum atomic E-state index is -0.719. The van der Waals surface area contributed by atoms with Crippen molar-refractivity contribution in [3.05, 3.63) is 11.7 Å². The zero-order chi connectivity index (χ0) is 10.2. The average molecular weight is 197 g/mol. The third-order valence-electron chi connectivity index (χ3n) is 2.71. The Labute approximate surface area is 82.3 Å². The van der Waals surface area contributed by atoms with E-state index in [9.17, 15) is 5.11 Å². The molecule has 0 radical (unpaired) electrons. The smallest absolute Gasteiger partial charge is 0.255 e. The molecule has 0 bridgehead atoms. The van der Waals surface area contributed by atoms with Crippen LogP contribution in [0.15, 0.2) is 4.52 Å². The summed E-state index contributed by atoms with van der Waals surface area (Å²) in [6, 6.07) is 0. The molecule has 1 fully saturated rings. The van der Waals surface area contributed by atoms with E-state index in [1.165, 1.54) is 0 Å². The van der Waals surface area contributed by atoms with Crippen LogP contribution in [0.3, 0.4) is 0 Å². The van der Waals surface area contributed by atoms with Gasteiger partial charge >= 0.3 is 0 Å². The quantitative estimate of drug-likeness (QED) is 0.734. The molecule has 1 atom stereocenters. The number of nitrogens with zero attached hydrogens (tertiary/aromatic N) is 2. The van der Waals surface area contributed by atoms with Crippen molar-refractivity contribution in [3.8, 4) is 0 Å². The van der Waals surface area contributed by atoms with Crippen LogP contribution in [-0.2, 0) is 5.41 Å². The van der Waals surface area contributed by atoms with Gasteiger partial charge in [-0.2, -0.15) is 4.98 Å². The molecule has 0 aliphatic heterocycles. The summed E-state index contributed by atoms with van der Waals surface area (Å²) in [7, 11) is 0. The molecule has 0 unspecified atom stereocenters. The maximum atomic E-state index is 9.54. The van der Waals surface area contributed by atoms with Crippen molar-refractivity contribution in [1.82, 2.24) is 10.1 Å². The fourth-order valence-electron chi connectivity index (χ4n) is 1.31. The van der Waals surface area contributed by atoms with Crippen LogP contribution >= 0.6 is 0 Å². The molecule has 2 rings (SSSR count). The van der Waals surface area contributed by atoms with Crippen molar-refractivity contribution in [2.75, 3.05) is 6.54 Å². The molecule has 1 aliphatic carbocycles. The summed E-state index contributed by atoms with van der Waals surface area (Å²) in [5, 5.41) is 13.4. The summed E-state index contributed by atoms with van der Waals surface area (Å²) in [6.45, 7) is 2.51. The van der Waals surface area contributed by atoms with Crippen molar-refractivity contribution in [1.29, 1.82) is 0 Å². The molecule has 1 saturated carbocycles. The molecule has 0 saturated heterocycles. The predicted octanol–water partition coefficient (Wildman–Crippen LogP) is 0.503. The van der Waals surface area contributed by atoms with Crippen molar-refractivity contribution < 1.29 is 9.63 Å². The Kier molecular flexibility index (Phi) is 2.28. The summed E-state index contributed by atoms with van der Waals surface area (Å²) < 4.78 is 4.98. The van der Waals surface area contributed by atoms with Gasteiger partial charge in [0, 0.05) is 5.41 Å².